The molecule has 1 heterocycles. The van der Waals surface area contributed by atoms with Crippen LogP contribution >= 0.6 is 11.6 Å². The molecule has 1 unspecified atom stereocenters. The van der Waals surface area contributed by atoms with Crippen LogP contribution in [0, 0.1) is 5.92 Å². The van der Waals surface area contributed by atoms with E-state index < -0.39 is 0 Å². The minimum Gasteiger partial charge on any atom is -0.310 e. The van der Waals surface area contributed by atoms with Gasteiger partial charge in [0.25, 0.3) is 0 Å². The maximum Gasteiger partial charge on any atom is 0.0409 e. The largest absolute Gasteiger partial charge is 0.310 e. The summed E-state index contributed by atoms with van der Waals surface area (Å²) in [6.45, 7) is 5.52. The number of nitrogens with one attached hydrogen (secondary N) is 1. The van der Waals surface area contributed by atoms with Gasteiger partial charge in [0.15, 0.2) is 0 Å². The molecule has 0 saturated heterocycles. The van der Waals surface area contributed by atoms with Gasteiger partial charge in [0.2, 0.25) is 0 Å². The molecular weight excluding hydrogens is 206 g/mol. The van der Waals surface area contributed by atoms with Gasteiger partial charge in [-0.25, -0.2) is 0 Å². The number of benzene rings is 1. The van der Waals surface area contributed by atoms with Crippen LogP contribution in [0.3, 0.4) is 0 Å². The third-order valence-corrected chi connectivity index (χ3v) is 3.21. The molecule has 0 amide bonds. The van der Waals surface area contributed by atoms with Gasteiger partial charge >= 0.3 is 0 Å². The molecule has 0 spiro atoms. The molecule has 2 heteroatoms. The van der Waals surface area contributed by atoms with Gasteiger partial charge in [0.1, 0.15) is 0 Å². The second-order valence-electron chi connectivity index (χ2n) is 4.82. The SMILES string of the molecule is CC(C)CC1Cc2ccc(Cl)cc2CN1. The second-order valence-corrected chi connectivity index (χ2v) is 5.26. The van der Waals surface area contributed by atoms with Gasteiger partial charge in [0, 0.05) is 17.6 Å². The minimum absolute atomic E-state index is 0.638. The fraction of sp³-hybridized carbons (Fsp3) is 0.538. The van der Waals surface area contributed by atoms with Crippen LogP contribution in [0.5, 0.6) is 0 Å². The van der Waals surface area contributed by atoms with Crippen molar-refractivity contribution >= 4 is 11.6 Å². The van der Waals surface area contributed by atoms with E-state index in [-0.39, 0.29) is 0 Å². The van der Waals surface area contributed by atoms with E-state index in [0.717, 1.165) is 23.9 Å². The van der Waals surface area contributed by atoms with Gasteiger partial charge in [-0.15, -0.1) is 0 Å². The summed E-state index contributed by atoms with van der Waals surface area (Å²) in [6.07, 6.45) is 2.40. The number of hydrogen-bond donors (Lipinski definition) is 1. The molecule has 1 nitrogen and oxygen atoms in total. The molecule has 15 heavy (non-hydrogen) atoms. The molecule has 82 valence electrons. The van der Waals surface area contributed by atoms with E-state index in [1.54, 1.807) is 0 Å². The Hall–Kier alpha value is -0.530. The highest BCUT2D eigenvalue weighted by molar-refractivity contribution is 6.30. The lowest BCUT2D eigenvalue weighted by molar-refractivity contribution is 0.398. The first-order chi connectivity index (χ1) is 7.15. The maximum atomic E-state index is 5.97. The Labute approximate surface area is 96.8 Å². The highest BCUT2D eigenvalue weighted by Crippen LogP contribution is 2.23. The van der Waals surface area contributed by atoms with Crippen LogP contribution in [0.15, 0.2) is 18.2 Å². The summed E-state index contributed by atoms with van der Waals surface area (Å²) in [4.78, 5) is 0. The zero-order chi connectivity index (χ0) is 10.8. The molecular formula is C13H18ClN. The number of fused-ring (bicyclic) bond motifs is 1. The van der Waals surface area contributed by atoms with Gasteiger partial charge in [0.05, 0.1) is 0 Å². The molecule has 1 aromatic carbocycles. The molecule has 1 aliphatic rings. The predicted octanol–water partition coefficient (Wildman–Crippen LogP) is 3.40. The summed E-state index contributed by atoms with van der Waals surface area (Å²) >= 11 is 5.97. The Kier molecular flexibility index (Phi) is 3.32. The van der Waals surface area contributed by atoms with Gasteiger partial charge in [-0.05, 0) is 42.0 Å². The predicted molar refractivity (Wildman–Crippen MR) is 65.2 cm³/mol. The molecule has 0 bridgehead atoms. The first kappa shape index (κ1) is 11.0. The van der Waals surface area contributed by atoms with Crippen LogP contribution < -0.4 is 5.32 Å². The third kappa shape index (κ3) is 2.73. The van der Waals surface area contributed by atoms with E-state index in [0.29, 0.717) is 6.04 Å². The second kappa shape index (κ2) is 4.54. The van der Waals surface area contributed by atoms with Gasteiger partial charge < -0.3 is 5.32 Å². The average molecular weight is 224 g/mol. The molecule has 1 aliphatic heterocycles. The van der Waals surface area contributed by atoms with Crippen molar-refractivity contribution in [3.05, 3.63) is 34.3 Å². The molecule has 0 aliphatic carbocycles. The zero-order valence-corrected chi connectivity index (χ0v) is 10.1. The van der Waals surface area contributed by atoms with E-state index in [1.165, 1.54) is 17.5 Å². The summed E-state index contributed by atoms with van der Waals surface area (Å²) in [5, 5.41) is 4.42. The minimum atomic E-state index is 0.638. The summed E-state index contributed by atoms with van der Waals surface area (Å²) in [7, 11) is 0. The van der Waals surface area contributed by atoms with E-state index >= 15 is 0 Å². The highest BCUT2D eigenvalue weighted by Gasteiger charge is 2.18. The summed E-state index contributed by atoms with van der Waals surface area (Å²) in [5.74, 6) is 0.761. The smallest absolute Gasteiger partial charge is 0.0409 e. The number of rotatable bonds is 2. The molecule has 1 aromatic rings. The average Bonchev–Trinajstić information content (AvgIpc) is 2.17. The van der Waals surface area contributed by atoms with E-state index in [1.807, 2.05) is 6.07 Å². The Morgan fingerprint density at radius 3 is 2.93 bits per heavy atom. The Balaban J connectivity index is 2.10. The van der Waals surface area contributed by atoms with Crippen molar-refractivity contribution in [3.63, 3.8) is 0 Å². The normalized spacial score (nSPS) is 20.4. The Morgan fingerprint density at radius 1 is 1.40 bits per heavy atom. The monoisotopic (exact) mass is 223 g/mol. The molecule has 0 saturated carbocycles. The van der Waals surface area contributed by atoms with E-state index in [9.17, 15) is 0 Å². The summed E-state index contributed by atoms with van der Waals surface area (Å²) < 4.78 is 0. The highest BCUT2D eigenvalue weighted by atomic mass is 35.5. The fourth-order valence-electron chi connectivity index (χ4n) is 2.29. The van der Waals surface area contributed by atoms with Crippen molar-refractivity contribution in [1.29, 1.82) is 0 Å². The van der Waals surface area contributed by atoms with Crippen LogP contribution in [0.25, 0.3) is 0 Å². The van der Waals surface area contributed by atoms with Crippen molar-refractivity contribution in [2.45, 2.75) is 39.3 Å². The quantitative estimate of drug-likeness (QED) is 0.811. The van der Waals surface area contributed by atoms with Crippen molar-refractivity contribution < 1.29 is 0 Å². The van der Waals surface area contributed by atoms with Gasteiger partial charge in [-0.2, -0.15) is 0 Å². The van der Waals surface area contributed by atoms with Crippen molar-refractivity contribution in [2.75, 3.05) is 0 Å². The van der Waals surface area contributed by atoms with Crippen molar-refractivity contribution in [2.24, 2.45) is 5.92 Å². The summed E-state index contributed by atoms with van der Waals surface area (Å²) in [6, 6.07) is 6.89. The Bertz CT molecular complexity index is 346. The van der Waals surface area contributed by atoms with Crippen LogP contribution in [-0.4, -0.2) is 6.04 Å². The molecule has 1 N–H and O–H groups in total. The van der Waals surface area contributed by atoms with Gasteiger partial charge in [-0.1, -0.05) is 31.5 Å². The lowest BCUT2D eigenvalue weighted by Gasteiger charge is -2.27. The molecule has 0 aromatic heterocycles. The van der Waals surface area contributed by atoms with Crippen LogP contribution in [0.2, 0.25) is 5.02 Å². The van der Waals surface area contributed by atoms with Gasteiger partial charge in [-0.3, -0.25) is 0 Å². The standard InChI is InChI=1S/C13H18ClN/c1-9(2)5-13-7-10-3-4-12(14)6-11(10)8-15-13/h3-4,6,9,13,15H,5,7-8H2,1-2H3. The third-order valence-electron chi connectivity index (χ3n) is 2.97. The first-order valence-electron chi connectivity index (χ1n) is 5.66. The van der Waals surface area contributed by atoms with E-state index in [2.05, 4.69) is 31.3 Å². The maximum absolute atomic E-state index is 5.97. The molecule has 1 atom stereocenters. The summed E-state index contributed by atoms with van der Waals surface area (Å²) in [5.41, 5.74) is 2.83. The lowest BCUT2D eigenvalue weighted by atomic mass is 9.91. The lowest BCUT2D eigenvalue weighted by Crippen LogP contribution is -2.36. The number of hydrogen-bond acceptors (Lipinski definition) is 1. The zero-order valence-electron chi connectivity index (χ0n) is 9.39. The fourth-order valence-corrected chi connectivity index (χ4v) is 2.48. The van der Waals surface area contributed by atoms with Crippen LogP contribution in [-0.2, 0) is 13.0 Å². The van der Waals surface area contributed by atoms with Crippen molar-refractivity contribution in [3.8, 4) is 0 Å². The Morgan fingerprint density at radius 2 is 2.20 bits per heavy atom. The van der Waals surface area contributed by atoms with E-state index in [4.69, 9.17) is 11.6 Å². The van der Waals surface area contributed by atoms with Crippen molar-refractivity contribution in [1.82, 2.24) is 5.32 Å². The topological polar surface area (TPSA) is 12.0 Å². The molecule has 0 radical (unpaired) electrons. The number of halogens is 1. The van der Waals surface area contributed by atoms with Crippen LogP contribution in [0.1, 0.15) is 31.4 Å². The van der Waals surface area contributed by atoms with Crippen LogP contribution in [0.4, 0.5) is 0 Å². The first-order valence-corrected chi connectivity index (χ1v) is 6.03. The molecule has 0 fully saturated rings. The molecule has 2 rings (SSSR count).